The van der Waals surface area contributed by atoms with Crippen molar-refractivity contribution in [1.29, 1.82) is 0 Å². The fraction of sp³-hybridized carbons (Fsp3) is 0.200. The maximum absolute atomic E-state index is 9.01. The molecule has 0 radical (unpaired) electrons. The molecule has 0 aromatic carbocycles. The first-order chi connectivity index (χ1) is 6.20. The van der Waals surface area contributed by atoms with Crippen molar-refractivity contribution in [3.8, 4) is 0 Å². The fourth-order valence-corrected chi connectivity index (χ4v) is 0.559. The topological polar surface area (TPSA) is 49.7 Å². The van der Waals surface area contributed by atoms with E-state index in [1.807, 2.05) is 0 Å². The van der Waals surface area contributed by atoms with Gasteiger partial charge in [-0.25, -0.2) is 0 Å². The van der Waals surface area contributed by atoms with Crippen molar-refractivity contribution in [3.63, 3.8) is 0 Å². The van der Waals surface area contributed by atoms with Crippen LogP contribution in [0.4, 0.5) is 0 Å². The lowest BCUT2D eigenvalue weighted by Gasteiger charge is -2.00. The third-order valence-electron chi connectivity index (χ3n) is 1.13. The van der Waals surface area contributed by atoms with Crippen LogP contribution in [0.3, 0.4) is 0 Å². The van der Waals surface area contributed by atoms with E-state index in [9.17, 15) is 0 Å². The number of rotatable bonds is 6. The van der Waals surface area contributed by atoms with E-state index in [2.05, 4.69) is 17.9 Å². The minimum absolute atomic E-state index is 0.335. The van der Waals surface area contributed by atoms with Gasteiger partial charge in [-0.15, -0.1) is 13.2 Å². The van der Waals surface area contributed by atoms with E-state index in [0.29, 0.717) is 12.8 Å². The van der Waals surface area contributed by atoms with E-state index in [1.54, 1.807) is 12.2 Å². The molecule has 72 valence electrons. The fourth-order valence-electron chi connectivity index (χ4n) is 0.559. The van der Waals surface area contributed by atoms with Crippen LogP contribution >= 0.6 is 0 Å². The van der Waals surface area contributed by atoms with Crippen molar-refractivity contribution in [3.05, 3.63) is 49.4 Å². The summed E-state index contributed by atoms with van der Waals surface area (Å²) in [7, 11) is 0. The molecule has 0 spiro atoms. The van der Waals surface area contributed by atoms with Gasteiger partial charge < -0.3 is 14.9 Å². The molecule has 0 unspecified atom stereocenters. The predicted molar refractivity (Wildman–Crippen MR) is 52.1 cm³/mol. The molecule has 13 heavy (non-hydrogen) atoms. The largest absolute Gasteiger partial charge is 0.481 e. The quantitative estimate of drug-likeness (QED) is 0.490. The number of hydrogen-bond acceptors (Lipinski definition) is 3. The van der Waals surface area contributed by atoms with Crippen molar-refractivity contribution >= 4 is 0 Å². The van der Waals surface area contributed by atoms with Gasteiger partial charge in [0.25, 0.3) is 11.9 Å². The van der Waals surface area contributed by atoms with E-state index in [4.69, 9.17) is 10.2 Å². The Morgan fingerprint density at radius 1 is 1.00 bits per heavy atom. The molecule has 2 N–H and O–H groups in total. The zero-order valence-corrected chi connectivity index (χ0v) is 7.44. The van der Waals surface area contributed by atoms with Gasteiger partial charge in [-0.3, -0.25) is 0 Å². The van der Waals surface area contributed by atoms with Crippen molar-refractivity contribution in [1.82, 2.24) is 0 Å². The Kier molecular flexibility index (Phi) is 6.15. The van der Waals surface area contributed by atoms with E-state index in [1.165, 1.54) is 12.2 Å². The van der Waals surface area contributed by atoms with Gasteiger partial charge in [-0.05, 0) is 12.8 Å². The Morgan fingerprint density at radius 3 is 1.69 bits per heavy atom. The third-order valence-corrected chi connectivity index (χ3v) is 1.13. The first-order valence-electron chi connectivity index (χ1n) is 3.88. The Morgan fingerprint density at radius 2 is 1.38 bits per heavy atom. The summed E-state index contributed by atoms with van der Waals surface area (Å²) in [5, 5.41) is 18.0. The molecule has 0 bridgehead atoms. The van der Waals surface area contributed by atoms with Crippen LogP contribution in [-0.2, 0) is 4.74 Å². The summed E-state index contributed by atoms with van der Waals surface area (Å²) in [4.78, 5) is 0. The number of aliphatic hydroxyl groups excluding tert-OH is 2. The van der Waals surface area contributed by atoms with Gasteiger partial charge in [-0.1, -0.05) is 12.2 Å². The van der Waals surface area contributed by atoms with E-state index in [-0.39, 0.29) is 11.9 Å². The molecule has 0 aliphatic carbocycles. The van der Waals surface area contributed by atoms with Crippen LogP contribution in [0.25, 0.3) is 0 Å². The van der Waals surface area contributed by atoms with E-state index in [0.717, 1.165) is 0 Å². The molecule has 0 amide bonds. The monoisotopic (exact) mass is 182 g/mol. The number of aliphatic hydroxyl groups is 2. The van der Waals surface area contributed by atoms with Crippen molar-refractivity contribution in [2.24, 2.45) is 0 Å². The Balaban J connectivity index is 3.95. The molecule has 3 nitrogen and oxygen atoms in total. The summed E-state index contributed by atoms with van der Waals surface area (Å²) in [5.41, 5.74) is 0. The smallest absolute Gasteiger partial charge is 0.280 e. The standard InChI is InChI=1S/C10H14O3/c1-3-5-7-9(11)13-10(12)8-6-4-2/h3-4,7-8,11-12H,1-2,5-6H2/b9-7+,10-8+. The lowest BCUT2D eigenvalue weighted by molar-refractivity contribution is 0.0667. The highest BCUT2D eigenvalue weighted by Gasteiger charge is 1.96. The Bertz CT molecular complexity index is 202. The lowest BCUT2D eigenvalue weighted by Crippen LogP contribution is -1.91. The normalized spacial score (nSPS) is 12.3. The molecule has 0 aliphatic rings. The summed E-state index contributed by atoms with van der Waals surface area (Å²) >= 11 is 0. The zero-order valence-electron chi connectivity index (χ0n) is 7.44. The molecule has 3 heteroatoms. The van der Waals surface area contributed by atoms with Gasteiger partial charge in [-0.2, -0.15) is 0 Å². The molecule has 0 saturated heterocycles. The average Bonchev–Trinajstić information content (AvgIpc) is 2.11. The molecule has 0 fully saturated rings. The second-order valence-electron chi connectivity index (χ2n) is 2.24. The maximum atomic E-state index is 9.01. The second-order valence-corrected chi connectivity index (χ2v) is 2.24. The highest BCUT2D eigenvalue weighted by molar-refractivity contribution is 4.94. The summed E-state index contributed by atoms with van der Waals surface area (Å²) in [6.45, 7) is 6.92. The van der Waals surface area contributed by atoms with Crippen molar-refractivity contribution < 1.29 is 14.9 Å². The van der Waals surface area contributed by atoms with Crippen LogP contribution in [-0.4, -0.2) is 10.2 Å². The molecule has 0 rings (SSSR count). The van der Waals surface area contributed by atoms with Crippen LogP contribution < -0.4 is 0 Å². The summed E-state index contributed by atoms with van der Waals surface area (Å²) < 4.78 is 4.59. The van der Waals surface area contributed by atoms with Crippen molar-refractivity contribution in [2.75, 3.05) is 0 Å². The Hall–Kier alpha value is -1.64. The first-order valence-corrected chi connectivity index (χ1v) is 3.88. The maximum Gasteiger partial charge on any atom is 0.280 e. The van der Waals surface area contributed by atoms with Crippen LogP contribution in [0.15, 0.2) is 49.4 Å². The number of ether oxygens (including phenoxy) is 1. The van der Waals surface area contributed by atoms with E-state index < -0.39 is 0 Å². The second kappa shape index (κ2) is 7.03. The number of allylic oxidation sites excluding steroid dienone is 4. The number of hydrogen-bond donors (Lipinski definition) is 2. The SMILES string of the molecule is C=CC/C=C(\O)O/C(O)=C/CC=C. The van der Waals surface area contributed by atoms with Crippen LogP contribution in [0.2, 0.25) is 0 Å². The van der Waals surface area contributed by atoms with Gasteiger partial charge in [0.15, 0.2) is 0 Å². The molecular formula is C10H14O3. The van der Waals surface area contributed by atoms with Gasteiger partial charge in [0, 0.05) is 12.2 Å². The van der Waals surface area contributed by atoms with E-state index >= 15 is 0 Å². The van der Waals surface area contributed by atoms with Crippen molar-refractivity contribution in [2.45, 2.75) is 12.8 Å². The third kappa shape index (κ3) is 6.75. The lowest BCUT2D eigenvalue weighted by atomic mass is 10.4. The Labute approximate surface area is 78.0 Å². The summed E-state index contributed by atoms with van der Waals surface area (Å²) in [6.07, 6.45) is 6.96. The van der Waals surface area contributed by atoms with Gasteiger partial charge in [0.05, 0.1) is 0 Å². The van der Waals surface area contributed by atoms with Crippen LogP contribution in [0.1, 0.15) is 12.8 Å². The van der Waals surface area contributed by atoms with Crippen LogP contribution in [0.5, 0.6) is 0 Å². The van der Waals surface area contributed by atoms with Crippen LogP contribution in [0, 0.1) is 0 Å². The van der Waals surface area contributed by atoms with Gasteiger partial charge in [0.1, 0.15) is 0 Å². The summed E-state index contributed by atoms with van der Waals surface area (Å²) in [5.74, 6) is -0.671. The van der Waals surface area contributed by atoms with Gasteiger partial charge in [0.2, 0.25) is 0 Å². The molecular weight excluding hydrogens is 168 g/mol. The average molecular weight is 182 g/mol. The minimum Gasteiger partial charge on any atom is -0.481 e. The molecule has 0 heterocycles. The highest BCUT2D eigenvalue weighted by Crippen LogP contribution is 2.03. The molecule has 0 aromatic heterocycles. The predicted octanol–water partition coefficient (Wildman–Crippen LogP) is 2.95. The summed E-state index contributed by atoms with van der Waals surface area (Å²) in [6, 6.07) is 0. The highest BCUT2D eigenvalue weighted by atomic mass is 16.7. The zero-order chi connectivity index (χ0) is 10.1. The first kappa shape index (κ1) is 11.4. The minimum atomic E-state index is -0.335. The molecule has 0 saturated carbocycles. The molecule has 0 atom stereocenters. The molecule has 0 aliphatic heterocycles. The molecule has 0 aromatic rings. The van der Waals surface area contributed by atoms with Gasteiger partial charge >= 0.3 is 0 Å².